The molecule has 0 amide bonds. The van der Waals surface area contributed by atoms with E-state index in [-0.39, 0.29) is 18.3 Å². The molecule has 0 aliphatic carbocycles. The highest BCUT2D eigenvalue weighted by Crippen LogP contribution is 2.06. The van der Waals surface area contributed by atoms with Crippen molar-refractivity contribution in [1.82, 2.24) is 5.32 Å². The molecule has 0 aromatic heterocycles. The van der Waals surface area contributed by atoms with Crippen LogP contribution in [0.5, 0.6) is 0 Å². The minimum Gasteiger partial charge on any atom is -0.459 e. The van der Waals surface area contributed by atoms with E-state index in [1.165, 1.54) is 12.1 Å². The molecule has 0 fully saturated rings. The van der Waals surface area contributed by atoms with E-state index in [9.17, 15) is 9.18 Å². The summed E-state index contributed by atoms with van der Waals surface area (Å²) in [5, 5.41) is 2.91. The molecule has 1 aromatic rings. The van der Waals surface area contributed by atoms with Gasteiger partial charge in [-0.2, -0.15) is 0 Å². The predicted molar refractivity (Wildman–Crippen MR) is 64.0 cm³/mol. The van der Waals surface area contributed by atoms with Crippen molar-refractivity contribution in [3.05, 3.63) is 35.6 Å². The van der Waals surface area contributed by atoms with Gasteiger partial charge in [-0.05, 0) is 38.5 Å². The van der Waals surface area contributed by atoms with Crippen LogP contribution in [0.3, 0.4) is 0 Å². The number of halogens is 1. The summed E-state index contributed by atoms with van der Waals surface area (Å²) in [6, 6.07) is 6.25. The zero-order chi connectivity index (χ0) is 12.9. The Bertz CT molecular complexity index is 385. The second-order valence-corrected chi connectivity index (χ2v) is 4.82. The van der Waals surface area contributed by atoms with Crippen LogP contribution in [0.15, 0.2) is 24.3 Å². The lowest BCUT2D eigenvalue weighted by atomic mass is 10.2. The third kappa shape index (κ3) is 6.02. The molecule has 0 spiro atoms. The van der Waals surface area contributed by atoms with Crippen LogP contribution < -0.4 is 5.32 Å². The maximum atomic E-state index is 12.9. The molecule has 0 bridgehead atoms. The second-order valence-electron chi connectivity index (χ2n) is 4.82. The first-order chi connectivity index (χ1) is 7.87. The Balaban J connectivity index is 2.31. The maximum Gasteiger partial charge on any atom is 0.320 e. The number of rotatable bonds is 4. The normalized spacial score (nSPS) is 11.3. The molecule has 4 heteroatoms. The van der Waals surface area contributed by atoms with Crippen LogP contribution in [-0.4, -0.2) is 18.1 Å². The Morgan fingerprint density at radius 3 is 2.71 bits per heavy atom. The highest BCUT2D eigenvalue weighted by molar-refractivity contribution is 5.72. The summed E-state index contributed by atoms with van der Waals surface area (Å²) in [7, 11) is 0. The van der Waals surface area contributed by atoms with Crippen molar-refractivity contribution in [3.8, 4) is 0 Å². The molecule has 3 nitrogen and oxygen atoms in total. The van der Waals surface area contributed by atoms with E-state index in [0.29, 0.717) is 6.54 Å². The van der Waals surface area contributed by atoms with Gasteiger partial charge in [0.05, 0.1) is 6.54 Å². The van der Waals surface area contributed by atoms with Gasteiger partial charge in [0, 0.05) is 6.54 Å². The first-order valence-electron chi connectivity index (χ1n) is 5.54. The molecule has 1 N–H and O–H groups in total. The summed E-state index contributed by atoms with van der Waals surface area (Å²) >= 11 is 0. The van der Waals surface area contributed by atoms with Crippen LogP contribution in [0, 0.1) is 5.82 Å². The maximum absolute atomic E-state index is 12.9. The highest BCUT2D eigenvalue weighted by Gasteiger charge is 2.15. The van der Waals surface area contributed by atoms with Crippen LogP contribution in [0.2, 0.25) is 0 Å². The molecule has 1 rings (SSSR count). The predicted octanol–water partition coefficient (Wildman–Crippen LogP) is 2.26. The van der Waals surface area contributed by atoms with Gasteiger partial charge in [0.25, 0.3) is 0 Å². The van der Waals surface area contributed by atoms with Gasteiger partial charge < -0.3 is 10.1 Å². The van der Waals surface area contributed by atoms with Crippen molar-refractivity contribution in [3.63, 3.8) is 0 Å². The molecule has 17 heavy (non-hydrogen) atoms. The van der Waals surface area contributed by atoms with Gasteiger partial charge in [-0.1, -0.05) is 12.1 Å². The van der Waals surface area contributed by atoms with Crippen molar-refractivity contribution in [2.75, 3.05) is 6.54 Å². The van der Waals surface area contributed by atoms with Crippen molar-refractivity contribution in [2.24, 2.45) is 0 Å². The minimum absolute atomic E-state index is 0.119. The Morgan fingerprint density at radius 2 is 2.12 bits per heavy atom. The van der Waals surface area contributed by atoms with E-state index in [1.807, 2.05) is 20.8 Å². The number of hydrogen-bond donors (Lipinski definition) is 1. The van der Waals surface area contributed by atoms with Crippen LogP contribution in [0.25, 0.3) is 0 Å². The van der Waals surface area contributed by atoms with E-state index in [0.717, 1.165) is 5.56 Å². The lowest BCUT2D eigenvalue weighted by Crippen LogP contribution is -2.31. The monoisotopic (exact) mass is 239 g/mol. The van der Waals surface area contributed by atoms with Crippen molar-refractivity contribution < 1.29 is 13.9 Å². The Kier molecular flexibility index (Phi) is 4.63. The molecular formula is C13H18FNO2. The molecule has 0 unspecified atom stereocenters. The quantitative estimate of drug-likeness (QED) is 0.819. The SMILES string of the molecule is CC(C)(C)OC(=O)CNCc1cccc(F)c1. The van der Waals surface area contributed by atoms with Gasteiger partial charge in [0.2, 0.25) is 0 Å². The van der Waals surface area contributed by atoms with Crippen LogP contribution in [0.1, 0.15) is 26.3 Å². The summed E-state index contributed by atoms with van der Waals surface area (Å²) in [5.74, 6) is -0.588. The minimum atomic E-state index is -0.475. The number of nitrogens with one attached hydrogen (secondary N) is 1. The third-order valence-electron chi connectivity index (χ3n) is 1.91. The number of carbonyl (C=O) groups is 1. The summed E-state index contributed by atoms with van der Waals surface area (Å²) in [4.78, 5) is 11.4. The molecule has 0 saturated heterocycles. The molecular weight excluding hydrogens is 221 g/mol. The van der Waals surface area contributed by atoms with E-state index >= 15 is 0 Å². The molecule has 0 aliphatic heterocycles. The first-order valence-corrected chi connectivity index (χ1v) is 5.54. The zero-order valence-corrected chi connectivity index (χ0v) is 10.4. The molecule has 0 radical (unpaired) electrons. The van der Waals surface area contributed by atoms with E-state index < -0.39 is 5.60 Å². The molecule has 0 atom stereocenters. The lowest BCUT2D eigenvalue weighted by Gasteiger charge is -2.19. The largest absolute Gasteiger partial charge is 0.459 e. The molecule has 0 saturated carbocycles. The Hall–Kier alpha value is -1.42. The molecule has 0 heterocycles. The Morgan fingerprint density at radius 1 is 1.41 bits per heavy atom. The third-order valence-corrected chi connectivity index (χ3v) is 1.91. The van der Waals surface area contributed by atoms with Gasteiger partial charge in [-0.3, -0.25) is 4.79 Å². The highest BCUT2D eigenvalue weighted by atomic mass is 19.1. The molecule has 94 valence electrons. The van der Waals surface area contributed by atoms with Crippen molar-refractivity contribution in [2.45, 2.75) is 32.9 Å². The van der Waals surface area contributed by atoms with Gasteiger partial charge in [0.1, 0.15) is 11.4 Å². The first kappa shape index (κ1) is 13.6. The van der Waals surface area contributed by atoms with E-state index in [4.69, 9.17) is 4.74 Å². The molecule has 1 aromatic carbocycles. The van der Waals surface area contributed by atoms with Gasteiger partial charge in [-0.25, -0.2) is 4.39 Å². The average molecular weight is 239 g/mol. The lowest BCUT2D eigenvalue weighted by molar-refractivity contribution is -0.153. The van der Waals surface area contributed by atoms with Crippen molar-refractivity contribution in [1.29, 1.82) is 0 Å². The summed E-state index contributed by atoms with van der Waals surface area (Å²) < 4.78 is 18.0. The van der Waals surface area contributed by atoms with Crippen LogP contribution in [-0.2, 0) is 16.1 Å². The number of esters is 1. The van der Waals surface area contributed by atoms with Crippen molar-refractivity contribution >= 4 is 5.97 Å². The summed E-state index contributed by atoms with van der Waals surface area (Å²) in [6.45, 7) is 6.01. The molecule has 0 aliphatic rings. The fourth-order valence-corrected chi connectivity index (χ4v) is 1.33. The van der Waals surface area contributed by atoms with Crippen LogP contribution >= 0.6 is 0 Å². The zero-order valence-electron chi connectivity index (χ0n) is 10.4. The summed E-state index contributed by atoms with van der Waals surface area (Å²) in [5.41, 5.74) is 0.325. The van der Waals surface area contributed by atoms with Gasteiger partial charge >= 0.3 is 5.97 Å². The van der Waals surface area contributed by atoms with Gasteiger partial charge in [0.15, 0.2) is 0 Å². The van der Waals surface area contributed by atoms with E-state index in [2.05, 4.69) is 5.32 Å². The summed E-state index contributed by atoms with van der Waals surface area (Å²) in [6.07, 6.45) is 0. The number of ether oxygens (including phenoxy) is 1. The Labute approximate surface area is 101 Å². The fourth-order valence-electron chi connectivity index (χ4n) is 1.33. The standard InChI is InChI=1S/C13H18FNO2/c1-13(2,3)17-12(16)9-15-8-10-5-4-6-11(14)7-10/h4-7,15H,8-9H2,1-3H3. The average Bonchev–Trinajstić information content (AvgIpc) is 2.14. The van der Waals surface area contributed by atoms with Crippen LogP contribution in [0.4, 0.5) is 4.39 Å². The van der Waals surface area contributed by atoms with E-state index in [1.54, 1.807) is 12.1 Å². The number of carbonyl (C=O) groups excluding carboxylic acids is 1. The smallest absolute Gasteiger partial charge is 0.320 e. The number of hydrogen-bond acceptors (Lipinski definition) is 3. The second kappa shape index (κ2) is 5.77. The topological polar surface area (TPSA) is 38.3 Å². The fraction of sp³-hybridized carbons (Fsp3) is 0.462. The van der Waals surface area contributed by atoms with Gasteiger partial charge in [-0.15, -0.1) is 0 Å². The number of benzene rings is 1.